The highest BCUT2D eigenvalue weighted by Gasteiger charge is 2.21. The molecule has 0 aromatic heterocycles. The number of aliphatic imine (C=N–C) groups is 1. The van der Waals surface area contributed by atoms with Crippen LogP contribution in [0, 0.1) is 19.3 Å². The highest BCUT2D eigenvalue weighted by molar-refractivity contribution is 6.04. The van der Waals surface area contributed by atoms with E-state index in [0.717, 1.165) is 22.8 Å². The van der Waals surface area contributed by atoms with Gasteiger partial charge in [-0.1, -0.05) is 30.2 Å². The summed E-state index contributed by atoms with van der Waals surface area (Å²) in [5, 5.41) is 6.49. The monoisotopic (exact) mass is 307 g/mol. The van der Waals surface area contributed by atoms with Crippen molar-refractivity contribution in [2.24, 2.45) is 15.8 Å². The van der Waals surface area contributed by atoms with Crippen LogP contribution in [0.4, 0.5) is 5.69 Å². The molecule has 1 aromatic carbocycles. The smallest absolute Gasteiger partial charge is 0.106 e. The minimum Gasteiger partial charge on any atom is -0.390 e. The Bertz CT molecular complexity index is 704. The van der Waals surface area contributed by atoms with Gasteiger partial charge in [-0.2, -0.15) is 5.10 Å². The van der Waals surface area contributed by atoms with E-state index in [0.29, 0.717) is 13.1 Å². The van der Waals surface area contributed by atoms with Crippen molar-refractivity contribution in [1.82, 2.24) is 4.90 Å². The highest BCUT2D eigenvalue weighted by Crippen LogP contribution is 2.26. The molecule has 1 aliphatic heterocycles. The summed E-state index contributed by atoms with van der Waals surface area (Å²) < 4.78 is 0. The molecule has 0 aliphatic carbocycles. The van der Waals surface area contributed by atoms with Gasteiger partial charge in [-0.15, -0.1) is 6.42 Å². The number of nitrogens with zero attached hydrogens (tertiary/aromatic N) is 4. The molecule has 0 fully saturated rings. The number of hydrazone groups is 1. The Balaban J connectivity index is 2.37. The molecule has 0 amide bonds. The summed E-state index contributed by atoms with van der Waals surface area (Å²) >= 11 is 0. The lowest BCUT2D eigenvalue weighted by molar-refractivity contribution is 0.492. The molecule has 5 nitrogen and oxygen atoms in total. The van der Waals surface area contributed by atoms with Crippen LogP contribution in [0.2, 0.25) is 0 Å². The van der Waals surface area contributed by atoms with Crippen molar-refractivity contribution in [3.8, 4) is 12.3 Å². The zero-order valence-corrected chi connectivity index (χ0v) is 13.5. The Kier molecular flexibility index (Phi) is 5.21. The van der Waals surface area contributed by atoms with E-state index < -0.39 is 0 Å². The minimum atomic E-state index is 0.382. The molecule has 0 saturated carbocycles. The zero-order valence-electron chi connectivity index (χ0n) is 13.5. The Morgan fingerprint density at radius 2 is 2.13 bits per heavy atom. The van der Waals surface area contributed by atoms with E-state index >= 15 is 0 Å². The van der Waals surface area contributed by atoms with Crippen LogP contribution in [-0.2, 0) is 0 Å². The molecule has 1 heterocycles. The van der Waals surface area contributed by atoms with Gasteiger partial charge in [-0.25, -0.2) is 5.01 Å². The molecule has 1 aliphatic rings. The standard InChI is InChI=1S/C18H21N5/c1-5-10-22(4)18-11-15(3)23(21-17(18)12-20-13-19)16-8-6-14(2)7-9-16/h1,6-9,11,13H,3,10,12H2,2,4H3,(H2,19,20). The van der Waals surface area contributed by atoms with Crippen molar-refractivity contribution in [3.63, 3.8) is 0 Å². The van der Waals surface area contributed by atoms with E-state index in [4.69, 9.17) is 12.2 Å². The summed E-state index contributed by atoms with van der Waals surface area (Å²) in [5.41, 5.74) is 9.98. The first-order chi connectivity index (χ1) is 11.1. The molecular weight excluding hydrogens is 286 g/mol. The average Bonchev–Trinajstić information content (AvgIpc) is 2.54. The van der Waals surface area contributed by atoms with Crippen LogP contribution >= 0.6 is 0 Å². The summed E-state index contributed by atoms with van der Waals surface area (Å²) in [4.78, 5) is 6.05. The number of anilines is 1. The number of hydrogen-bond acceptors (Lipinski definition) is 4. The zero-order chi connectivity index (χ0) is 16.8. The van der Waals surface area contributed by atoms with Gasteiger partial charge >= 0.3 is 0 Å². The van der Waals surface area contributed by atoms with E-state index in [1.54, 1.807) is 5.01 Å². The first-order valence-corrected chi connectivity index (χ1v) is 7.26. The third-order valence-corrected chi connectivity index (χ3v) is 3.46. The topological polar surface area (TPSA) is 57.2 Å². The maximum atomic E-state index is 5.41. The van der Waals surface area contributed by atoms with Crippen molar-refractivity contribution in [2.45, 2.75) is 6.92 Å². The van der Waals surface area contributed by atoms with Gasteiger partial charge in [0.25, 0.3) is 0 Å². The Labute approximate surface area is 137 Å². The summed E-state index contributed by atoms with van der Waals surface area (Å²) in [5.74, 6) is 2.63. The number of aryl methyl sites for hydroxylation is 1. The first kappa shape index (κ1) is 16.4. The normalized spacial score (nSPS) is 14.5. The second-order valence-electron chi connectivity index (χ2n) is 5.26. The van der Waals surface area contributed by atoms with Crippen LogP contribution < -0.4 is 10.7 Å². The molecule has 1 aromatic rings. The average molecular weight is 307 g/mol. The fourth-order valence-corrected chi connectivity index (χ4v) is 2.25. The van der Waals surface area contributed by atoms with Gasteiger partial charge in [-0.3, -0.25) is 4.99 Å². The van der Waals surface area contributed by atoms with Crippen LogP contribution in [0.3, 0.4) is 0 Å². The molecule has 0 atom stereocenters. The highest BCUT2D eigenvalue weighted by atomic mass is 15.5. The molecule has 0 bridgehead atoms. The van der Waals surface area contributed by atoms with E-state index in [9.17, 15) is 0 Å². The van der Waals surface area contributed by atoms with Crippen LogP contribution in [0.5, 0.6) is 0 Å². The summed E-state index contributed by atoms with van der Waals surface area (Å²) in [6.45, 7) is 7.01. The fourth-order valence-electron chi connectivity index (χ4n) is 2.25. The summed E-state index contributed by atoms with van der Waals surface area (Å²) in [7, 11) is 1.92. The van der Waals surface area contributed by atoms with Gasteiger partial charge < -0.3 is 10.6 Å². The third-order valence-electron chi connectivity index (χ3n) is 3.46. The number of allylic oxidation sites excluding steroid dienone is 1. The Hall–Kier alpha value is -3.00. The van der Waals surface area contributed by atoms with Crippen LogP contribution in [0.25, 0.3) is 0 Å². The van der Waals surface area contributed by atoms with E-state index in [1.165, 1.54) is 11.9 Å². The van der Waals surface area contributed by atoms with Crippen molar-refractivity contribution >= 4 is 17.7 Å². The predicted octanol–water partition coefficient (Wildman–Crippen LogP) is 2.12. The fraction of sp³-hybridized carbons (Fsp3) is 0.222. The van der Waals surface area contributed by atoms with Crippen LogP contribution in [-0.4, -0.2) is 37.1 Å². The van der Waals surface area contributed by atoms with Gasteiger partial charge in [0.1, 0.15) is 5.71 Å². The molecule has 0 saturated heterocycles. The van der Waals surface area contributed by atoms with Crippen molar-refractivity contribution in [1.29, 1.82) is 0 Å². The number of benzene rings is 1. The van der Waals surface area contributed by atoms with Gasteiger partial charge in [0.05, 0.1) is 36.5 Å². The second-order valence-corrected chi connectivity index (χ2v) is 5.26. The molecule has 2 N–H and O–H groups in total. The first-order valence-electron chi connectivity index (χ1n) is 7.26. The van der Waals surface area contributed by atoms with Crippen molar-refractivity contribution in [2.75, 3.05) is 25.1 Å². The maximum absolute atomic E-state index is 5.41. The van der Waals surface area contributed by atoms with E-state index in [1.807, 2.05) is 49.2 Å². The lowest BCUT2D eigenvalue weighted by Crippen LogP contribution is -2.32. The predicted molar refractivity (Wildman–Crippen MR) is 97.3 cm³/mol. The van der Waals surface area contributed by atoms with Crippen molar-refractivity contribution < 1.29 is 0 Å². The molecule has 23 heavy (non-hydrogen) atoms. The maximum Gasteiger partial charge on any atom is 0.106 e. The Morgan fingerprint density at radius 1 is 1.43 bits per heavy atom. The number of rotatable bonds is 5. The summed E-state index contributed by atoms with van der Waals surface area (Å²) in [6, 6.07) is 8.11. The molecule has 5 heteroatoms. The van der Waals surface area contributed by atoms with E-state index in [-0.39, 0.29) is 0 Å². The molecule has 0 spiro atoms. The number of hydrogen-bond donors (Lipinski definition) is 1. The third kappa shape index (κ3) is 3.80. The van der Waals surface area contributed by atoms with Gasteiger partial charge in [0.15, 0.2) is 0 Å². The lowest BCUT2D eigenvalue weighted by atomic mass is 10.1. The number of nitrogens with two attached hydrogens (primary N) is 1. The van der Waals surface area contributed by atoms with Crippen molar-refractivity contribution in [3.05, 3.63) is 53.9 Å². The largest absolute Gasteiger partial charge is 0.390 e. The summed E-state index contributed by atoms with van der Waals surface area (Å²) in [6.07, 6.45) is 8.65. The Morgan fingerprint density at radius 3 is 2.74 bits per heavy atom. The molecule has 2 rings (SSSR count). The molecular formula is C18H21N5. The molecule has 0 radical (unpaired) electrons. The van der Waals surface area contributed by atoms with Crippen LogP contribution in [0.1, 0.15) is 5.56 Å². The quantitative estimate of drug-likeness (QED) is 0.515. The van der Waals surface area contributed by atoms with E-state index in [2.05, 4.69) is 22.6 Å². The SMILES string of the molecule is C#CCN(C)C1=CC(=C)N(c2ccc(C)cc2)N=C1CN=CN. The minimum absolute atomic E-state index is 0.382. The van der Waals surface area contributed by atoms with Crippen LogP contribution in [0.15, 0.2) is 58.4 Å². The van der Waals surface area contributed by atoms with Gasteiger partial charge in [-0.05, 0) is 25.1 Å². The molecule has 118 valence electrons. The lowest BCUT2D eigenvalue weighted by Gasteiger charge is -2.30. The second kappa shape index (κ2) is 7.32. The van der Waals surface area contributed by atoms with Gasteiger partial charge in [0, 0.05) is 7.05 Å². The number of terminal acetylenes is 1. The van der Waals surface area contributed by atoms with Gasteiger partial charge in [0.2, 0.25) is 0 Å². The molecule has 0 unspecified atom stereocenters.